The lowest BCUT2D eigenvalue weighted by Gasteiger charge is -2.40. The molecule has 1 aromatic rings. The lowest BCUT2D eigenvalue weighted by atomic mass is 9.69. The third-order valence-corrected chi connectivity index (χ3v) is 6.11. The van der Waals surface area contributed by atoms with Gasteiger partial charge in [-0.2, -0.15) is 0 Å². The molecular formula is C21H27FO5. The van der Waals surface area contributed by atoms with Gasteiger partial charge < -0.3 is 19.3 Å². The van der Waals surface area contributed by atoms with Gasteiger partial charge in [-0.3, -0.25) is 4.79 Å². The van der Waals surface area contributed by atoms with Gasteiger partial charge in [0, 0.05) is 18.1 Å². The van der Waals surface area contributed by atoms with Crippen LogP contribution in [0.1, 0.15) is 39.2 Å². The average Bonchev–Trinajstić information content (AvgIpc) is 3.06. The van der Waals surface area contributed by atoms with E-state index in [4.69, 9.17) is 14.2 Å². The van der Waals surface area contributed by atoms with Crippen LogP contribution < -0.4 is 4.74 Å². The Morgan fingerprint density at radius 2 is 2.15 bits per heavy atom. The molecule has 0 radical (unpaired) electrons. The number of hydrogen-bond donors (Lipinski definition) is 1. The molecule has 1 N–H and O–H groups in total. The van der Waals surface area contributed by atoms with Crippen molar-refractivity contribution >= 4 is 5.78 Å². The minimum Gasteiger partial charge on any atom is -0.504 e. The first-order valence-corrected chi connectivity index (χ1v) is 9.40. The quantitative estimate of drug-likeness (QED) is 0.811. The fourth-order valence-electron chi connectivity index (χ4n) is 4.13. The molecule has 1 heterocycles. The largest absolute Gasteiger partial charge is 0.504 e. The molecule has 0 bridgehead atoms. The van der Waals surface area contributed by atoms with E-state index in [2.05, 4.69) is 13.8 Å². The van der Waals surface area contributed by atoms with E-state index in [0.717, 1.165) is 6.42 Å². The third-order valence-electron chi connectivity index (χ3n) is 6.11. The number of hydrogen-bond acceptors (Lipinski definition) is 5. The Balaban J connectivity index is 1.90. The first kappa shape index (κ1) is 19.7. The van der Waals surface area contributed by atoms with Crippen LogP contribution in [0.15, 0.2) is 24.0 Å². The molecule has 0 amide bonds. The highest BCUT2D eigenvalue weighted by atomic mass is 19.1. The zero-order valence-electron chi connectivity index (χ0n) is 16.3. The maximum atomic E-state index is 14.5. The van der Waals surface area contributed by atoms with Crippen molar-refractivity contribution < 1.29 is 28.5 Å². The summed E-state index contributed by atoms with van der Waals surface area (Å²) in [6.07, 6.45) is 3.32. The molecule has 4 atom stereocenters. The van der Waals surface area contributed by atoms with E-state index < -0.39 is 11.4 Å². The van der Waals surface area contributed by atoms with Crippen molar-refractivity contribution in [3.8, 4) is 11.5 Å². The monoisotopic (exact) mass is 378 g/mol. The van der Waals surface area contributed by atoms with E-state index in [1.807, 2.05) is 6.92 Å². The maximum absolute atomic E-state index is 14.5. The van der Waals surface area contributed by atoms with E-state index in [1.165, 1.54) is 19.2 Å². The second-order valence-corrected chi connectivity index (χ2v) is 7.62. The molecule has 27 heavy (non-hydrogen) atoms. The van der Waals surface area contributed by atoms with Gasteiger partial charge in [0.1, 0.15) is 17.2 Å². The molecule has 1 unspecified atom stereocenters. The van der Waals surface area contributed by atoms with Gasteiger partial charge in [-0.25, -0.2) is 4.39 Å². The summed E-state index contributed by atoms with van der Waals surface area (Å²) in [6, 6.07) is 2.57. The lowest BCUT2D eigenvalue weighted by molar-refractivity contribution is -0.125. The van der Waals surface area contributed by atoms with Crippen molar-refractivity contribution in [2.45, 2.75) is 45.6 Å². The fourth-order valence-corrected chi connectivity index (χ4v) is 4.13. The average molecular weight is 378 g/mol. The molecule has 1 saturated heterocycles. The standard InChI is InChI=1S/C21H27FO5/c1-5-12(2)15-10-21(20(9-17(15)23)26-11-27-21)13(3)6-14-7-18(24)19(25-4)8-16(14)22/h7-9,12-13,15,24H,5-6,10-11H2,1-4H3/t12-,13?,15+,21+/m0/s1. The summed E-state index contributed by atoms with van der Waals surface area (Å²) in [7, 11) is 1.38. The van der Waals surface area contributed by atoms with Gasteiger partial charge in [-0.1, -0.05) is 27.2 Å². The van der Waals surface area contributed by atoms with Crippen molar-refractivity contribution in [1.29, 1.82) is 0 Å². The Kier molecular flexibility index (Phi) is 5.47. The highest BCUT2D eigenvalue weighted by Gasteiger charge is 2.52. The first-order valence-electron chi connectivity index (χ1n) is 9.40. The topological polar surface area (TPSA) is 65.0 Å². The van der Waals surface area contributed by atoms with Crippen molar-refractivity contribution in [3.63, 3.8) is 0 Å². The van der Waals surface area contributed by atoms with Crippen LogP contribution in [0.5, 0.6) is 11.5 Å². The van der Waals surface area contributed by atoms with E-state index in [-0.39, 0.29) is 41.8 Å². The predicted molar refractivity (Wildman–Crippen MR) is 97.9 cm³/mol. The van der Waals surface area contributed by atoms with Crippen LogP contribution in [0.4, 0.5) is 4.39 Å². The molecule has 0 spiro atoms. The molecule has 1 aromatic carbocycles. The second kappa shape index (κ2) is 7.50. The lowest BCUT2D eigenvalue weighted by Crippen LogP contribution is -2.46. The van der Waals surface area contributed by atoms with Crippen molar-refractivity contribution in [1.82, 2.24) is 0 Å². The number of rotatable bonds is 6. The Morgan fingerprint density at radius 3 is 2.81 bits per heavy atom. The molecule has 1 fully saturated rings. The molecule has 0 saturated carbocycles. The molecule has 1 aliphatic heterocycles. The van der Waals surface area contributed by atoms with Crippen molar-refractivity contribution in [2.24, 2.45) is 17.8 Å². The zero-order chi connectivity index (χ0) is 19.8. The van der Waals surface area contributed by atoms with Gasteiger partial charge >= 0.3 is 0 Å². The number of benzene rings is 1. The minimum atomic E-state index is -0.746. The van der Waals surface area contributed by atoms with Gasteiger partial charge in [0.2, 0.25) is 0 Å². The molecule has 2 aliphatic rings. The van der Waals surface area contributed by atoms with Crippen molar-refractivity contribution in [2.75, 3.05) is 13.9 Å². The molecule has 5 nitrogen and oxygen atoms in total. The number of methoxy groups -OCH3 is 1. The number of ketones is 1. The number of fused-ring (bicyclic) bond motifs is 1. The maximum Gasteiger partial charge on any atom is 0.189 e. The fraction of sp³-hybridized carbons (Fsp3) is 0.571. The summed E-state index contributed by atoms with van der Waals surface area (Å²) in [4.78, 5) is 12.5. The molecule has 6 heteroatoms. The summed E-state index contributed by atoms with van der Waals surface area (Å²) in [6.45, 7) is 6.19. The number of aromatic hydroxyl groups is 1. The summed E-state index contributed by atoms with van der Waals surface area (Å²) in [5.41, 5.74) is -0.369. The van der Waals surface area contributed by atoms with E-state index in [9.17, 15) is 14.3 Å². The van der Waals surface area contributed by atoms with Gasteiger partial charge in [0.05, 0.1) is 7.11 Å². The normalized spacial score (nSPS) is 26.8. The summed E-state index contributed by atoms with van der Waals surface area (Å²) < 4.78 is 31.0. The predicted octanol–water partition coefficient (Wildman–Crippen LogP) is 3.98. The highest BCUT2D eigenvalue weighted by molar-refractivity contribution is 5.94. The van der Waals surface area contributed by atoms with Crippen LogP contribution >= 0.6 is 0 Å². The van der Waals surface area contributed by atoms with Crippen LogP contribution in [-0.4, -0.2) is 30.4 Å². The molecular weight excluding hydrogens is 351 g/mol. The van der Waals surface area contributed by atoms with Crippen LogP contribution in [0, 0.1) is 23.6 Å². The minimum absolute atomic E-state index is 0.0703. The summed E-state index contributed by atoms with van der Waals surface area (Å²) in [5, 5.41) is 10.0. The Hall–Kier alpha value is -2.08. The Morgan fingerprint density at radius 1 is 1.41 bits per heavy atom. The third kappa shape index (κ3) is 3.43. The van der Waals surface area contributed by atoms with Crippen LogP contribution in [0.25, 0.3) is 0 Å². The Labute approximate surface area is 159 Å². The van der Waals surface area contributed by atoms with E-state index in [1.54, 1.807) is 6.08 Å². The number of carbonyl (C=O) groups excluding carboxylic acids is 1. The summed E-state index contributed by atoms with van der Waals surface area (Å²) >= 11 is 0. The molecule has 3 rings (SSSR count). The number of allylic oxidation sites excluding steroid dienone is 1. The second-order valence-electron chi connectivity index (χ2n) is 7.62. The number of ether oxygens (including phenoxy) is 3. The van der Waals surface area contributed by atoms with E-state index in [0.29, 0.717) is 24.2 Å². The van der Waals surface area contributed by atoms with Gasteiger partial charge in [0.25, 0.3) is 0 Å². The Bertz CT molecular complexity index is 759. The summed E-state index contributed by atoms with van der Waals surface area (Å²) in [5.74, 6) is 0.106. The SMILES string of the molecule is CC[C@H](C)[C@H]1C[C@]2(C(C)Cc3cc(O)c(OC)cc3F)OCOC2=CC1=O. The highest BCUT2D eigenvalue weighted by Crippen LogP contribution is 2.47. The van der Waals surface area contributed by atoms with Gasteiger partial charge in [-0.05, 0) is 36.3 Å². The van der Waals surface area contributed by atoms with Crippen LogP contribution in [-0.2, 0) is 20.7 Å². The van der Waals surface area contributed by atoms with Crippen LogP contribution in [0.2, 0.25) is 0 Å². The number of phenols is 1. The van der Waals surface area contributed by atoms with Gasteiger partial charge in [0.15, 0.2) is 24.1 Å². The van der Waals surface area contributed by atoms with Gasteiger partial charge in [-0.15, -0.1) is 0 Å². The zero-order valence-corrected chi connectivity index (χ0v) is 16.3. The van der Waals surface area contributed by atoms with Crippen molar-refractivity contribution in [3.05, 3.63) is 35.3 Å². The number of phenolic OH excluding ortho intramolecular Hbond substituents is 1. The molecule has 148 valence electrons. The van der Waals surface area contributed by atoms with E-state index >= 15 is 0 Å². The molecule has 0 aromatic heterocycles. The number of carbonyl (C=O) groups is 1. The number of halogens is 1. The van der Waals surface area contributed by atoms with Crippen LogP contribution in [0.3, 0.4) is 0 Å². The first-order chi connectivity index (χ1) is 12.8. The smallest absolute Gasteiger partial charge is 0.189 e. The molecule has 1 aliphatic carbocycles.